The molecular weight excluding hydrogens is 428 g/mol. The van der Waals surface area contributed by atoms with Crippen LogP contribution in [0.3, 0.4) is 0 Å². The fourth-order valence-corrected chi connectivity index (χ4v) is 5.78. The zero-order chi connectivity index (χ0) is 24.4. The maximum absolute atomic E-state index is 13.7. The van der Waals surface area contributed by atoms with Gasteiger partial charge in [0.05, 0.1) is 18.0 Å². The first-order chi connectivity index (χ1) is 14.9. The standard InChI is InChI=1S/C24H34N2O5S/c1-9-25-18(6)21(17(5)22(25)24(28)31-8)23(27)19(7)26(14-15(2)3)32(29,30)20-12-10-16(4)11-13-20/h10-13,15,19H,9,14H2,1-8H3/t19-/m0/s1. The number of ketones is 1. The van der Waals surface area contributed by atoms with Crippen LogP contribution < -0.4 is 0 Å². The fraction of sp³-hybridized carbons (Fsp3) is 0.500. The second kappa shape index (κ2) is 10.0. The van der Waals surface area contributed by atoms with Gasteiger partial charge in [-0.3, -0.25) is 4.79 Å². The number of Topliss-reactive ketones (excluding diaryl/α,β-unsaturated/α-hetero) is 1. The minimum Gasteiger partial charge on any atom is -0.464 e. The number of benzene rings is 1. The molecule has 1 heterocycles. The Balaban J connectivity index is 2.60. The summed E-state index contributed by atoms with van der Waals surface area (Å²) in [5.74, 6) is -0.849. The largest absolute Gasteiger partial charge is 0.464 e. The van der Waals surface area contributed by atoms with Crippen LogP contribution in [0.2, 0.25) is 0 Å². The Labute approximate surface area is 191 Å². The number of nitrogens with zero attached hydrogens (tertiary/aromatic N) is 2. The van der Waals surface area contributed by atoms with Crippen molar-refractivity contribution in [3.63, 3.8) is 0 Å². The molecule has 0 unspecified atom stereocenters. The van der Waals surface area contributed by atoms with Crippen LogP contribution in [0.5, 0.6) is 0 Å². The smallest absolute Gasteiger partial charge is 0.354 e. The van der Waals surface area contributed by atoms with Crippen molar-refractivity contribution in [1.29, 1.82) is 0 Å². The summed E-state index contributed by atoms with van der Waals surface area (Å²) in [4.78, 5) is 26.2. The molecule has 0 aliphatic rings. The Kier molecular flexibility index (Phi) is 8.07. The van der Waals surface area contributed by atoms with Gasteiger partial charge in [-0.05, 0) is 58.2 Å². The van der Waals surface area contributed by atoms with Crippen LogP contribution in [0, 0.1) is 26.7 Å². The predicted octanol–water partition coefficient (Wildman–Crippen LogP) is 4.14. The van der Waals surface area contributed by atoms with Crippen LogP contribution in [0.15, 0.2) is 29.2 Å². The van der Waals surface area contributed by atoms with E-state index in [1.165, 1.54) is 11.4 Å². The van der Waals surface area contributed by atoms with Gasteiger partial charge in [0.25, 0.3) is 0 Å². The number of rotatable bonds is 9. The summed E-state index contributed by atoms with van der Waals surface area (Å²) in [6.07, 6.45) is 0. The van der Waals surface area contributed by atoms with Crippen LogP contribution in [0.25, 0.3) is 0 Å². The van der Waals surface area contributed by atoms with Gasteiger partial charge in [0.2, 0.25) is 10.0 Å². The van der Waals surface area contributed by atoms with Gasteiger partial charge in [0, 0.05) is 24.3 Å². The lowest BCUT2D eigenvalue weighted by Gasteiger charge is -2.29. The fourth-order valence-electron chi connectivity index (χ4n) is 4.02. The van der Waals surface area contributed by atoms with Crippen molar-refractivity contribution in [3.8, 4) is 0 Å². The number of hydrogen-bond donors (Lipinski definition) is 0. The average molecular weight is 463 g/mol. The minimum absolute atomic E-state index is 0.0125. The molecule has 2 rings (SSSR count). The Morgan fingerprint density at radius 2 is 1.62 bits per heavy atom. The Hall–Kier alpha value is -2.45. The van der Waals surface area contributed by atoms with Crippen LogP contribution in [0.4, 0.5) is 0 Å². The minimum atomic E-state index is -3.91. The van der Waals surface area contributed by atoms with Crippen molar-refractivity contribution in [2.24, 2.45) is 5.92 Å². The predicted molar refractivity (Wildman–Crippen MR) is 125 cm³/mol. The molecule has 0 amide bonds. The first kappa shape index (κ1) is 25.8. The summed E-state index contributed by atoms with van der Waals surface area (Å²) in [6, 6.07) is 5.67. The lowest BCUT2D eigenvalue weighted by atomic mass is 10.0. The number of esters is 1. The van der Waals surface area contributed by atoms with Gasteiger partial charge in [-0.1, -0.05) is 31.5 Å². The van der Waals surface area contributed by atoms with E-state index in [0.29, 0.717) is 29.1 Å². The molecular formula is C24H34N2O5S. The van der Waals surface area contributed by atoms with Gasteiger partial charge >= 0.3 is 5.97 Å². The highest BCUT2D eigenvalue weighted by molar-refractivity contribution is 7.89. The lowest BCUT2D eigenvalue weighted by Crippen LogP contribution is -2.45. The summed E-state index contributed by atoms with van der Waals surface area (Å²) in [6.45, 7) is 13.3. The molecule has 0 radical (unpaired) electrons. The maximum Gasteiger partial charge on any atom is 0.354 e. The van der Waals surface area contributed by atoms with Crippen molar-refractivity contribution in [3.05, 3.63) is 52.3 Å². The molecule has 1 aromatic heterocycles. The molecule has 1 aromatic carbocycles. The van der Waals surface area contributed by atoms with Gasteiger partial charge in [0.15, 0.2) is 5.78 Å². The molecule has 176 valence electrons. The summed E-state index contributed by atoms with van der Waals surface area (Å²) in [5.41, 5.74) is 2.77. The highest BCUT2D eigenvalue weighted by atomic mass is 32.2. The van der Waals surface area contributed by atoms with E-state index < -0.39 is 22.0 Å². The number of sulfonamides is 1. The number of methoxy groups -OCH3 is 1. The molecule has 32 heavy (non-hydrogen) atoms. The second-order valence-corrected chi connectivity index (χ2v) is 10.4. The molecule has 8 heteroatoms. The van der Waals surface area contributed by atoms with E-state index in [0.717, 1.165) is 5.56 Å². The third-order valence-corrected chi connectivity index (χ3v) is 7.64. The molecule has 0 N–H and O–H groups in total. The van der Waals surface area contributed by atoms with E-state index >= 15 is 0 Å². The van der Waals surface area contributed by atoms with E-state index in [4.69, 9.17) is 4.74 Å². The number of aromatic nitrogens is 1. The van der Waals surface area contributed by atoms with E-state index in [9.17, 15) is 18.0 Å². The maximum atomic E-state index is 13.7. The molecule has 1 atom stereocenters. The van der Waals surface area contributed by atoms with Gasteiger partial charge in [-0.2, -0.15) is 4.31 Å². The van der Waals surface area contributed by atoms with Crippen molar-refractivity contribution in [2.75, 3.05) is 13.7 Å². The summed E-state index contributed by atoms with van der Waals surface area (Å²) >= 11 is 0. The zero-order valence-electron chi connectivity index (χ0n) is 20.2. The first-order valence-corrected chi connectivity index (χ1v) is 12.2. The summed E-state index contributed by atoms with van der Waals surface area (Å²) in [7, 11) is -2.61. The molecule has 0 saturated carbocycles. The number of ether oxygens (including phenoxy) is 1. The van der Waals surface area contributed by atoms with Crippen LogP contribution in [0.1, 0.15) is 65.4 Å². The number of carbonyl (C=O) groups is 2. The third kappa shape index (κ3) is 4.81. The normalized spacial score (nSPS) is 12.9. The van der Waals surface area contributed by atoms with Crippen LogP contribution in [-0.2, 0) is 21.3 Å². The second-order valence-electron chi connectivity index (χ2n) is 8.49. The van der Waals surface area contributed by atoms with E-state index in [1.54, 1.807) is 49.6 Å². The molecule has 0 fully saturated rings. The van der Waals surface area contributed by atoms with E-state index in [-0.39, 0.29) is 23.1 Å². The van der Waals surface area contributed by atoms with Crippen LogP contribution >= 0.6 is 0 Å². The molecule has 0 aliphatic heterocycles. The van der Waals surface area contributed by atoms with Gasteiger partial charge in [-0.25, -0.2) is 13.2 Å². The highest BCUT2D eigenvalue weighted by Crippen LogP contribution is 2.28. The number of carbonyl (C=O) groups excluding carboxylic acids is 2. The molecule has 0 bridgehead atoms. The average Bonchev–Trinajstić information content (AvgIpc) is 2.99. The summed E-state index contributed by atoms with van der Waals surface area (Å²) < 4.78 is 34.9. The molecule has 0 spiro atoms. The van der Waals surface area contributed by atoms with Crippen molar-refractivity contribution < 1.29 is 22.7 Å². The van der Waals surface area contributed by atoms with Crippen LogP contribution in [-0.4, -0.2) is 48.7 Å². The SMILES string of the molecule is CCn1c(C)c(C(=O)[C@H](C)N(CC(C)C)S(=O)(=O)c2ccc(C)cc2)c(C)c1C(=O)OC. The third-order valence-electron chi connectivity index (χ3n) is 5.69. The Morgan fingerprint density at radius 1 is 1.06 bits per heavy atom. The van der Waals surface area contributed by atoms with E-state index in [2.05, 4.69) is 0 Å². The van der Waals surface area contributed by atoms with Crippen molar-refractivity contribution in [2.45, 2.75) is 65.9 Å². The Morgan fingerprint density at radius 3 is 2.09 bits per heavy atom. The molecule has 0 saturated heterocycles. The highest BCUT2D eigenvalue weighted by Gasteiger charge is 2.36. The van der Waals surface area contributed by atoms with Crippen molar-refractivity contribution in [1.82, 2.24) is 8.87 Å². The van der Waals surface area contributed by atoms with Gasteiger partial charge < -0.3 is 9.30 Å². The first-order valence-electron chi connectivity index (χ1n) is 10.8. The number of hydrogen-bond acceptors (Lipinski definition) is 5. The molecule has 0 aliphatic carbocycles. The lowest BCUT2D eigenvalue weighted by molar-refractivity contribution is 0.0587. The monoisotopic (exact) mass is 462 g/mol. The van der Waals surface area contributed by atoms with Gasteiger partial charge in [-0.15, -0.1) is 0 Å². The number of aryl methyl sites for hydroxylation is 1. The molecule has 2 aromatic rings. The zero-order valence-corrected chi connectivity index (χ0v) is 21.0. The summed E-state index contributed by atoms with van der Waals surface area (Å²) in [5, 5.41) is 0. The van der Waals surface area contributed by atoms with Gasteiger partial charge in [0.1, 0.15) is 5.69 Å². The van der Waals surface area contributed by atoms with E-state index in [1.807, 2.05) is 27.7 Å². The quantitative estimate of drug-likeness (QED) is 0.413. The molecule has 7 nitrogen and oxygen atoms in total. The van der Waals surface area contributed by atoms with Crippen molar-refractivity contribution >= 4 is 21.8 Å². The Bertz CT molecular complexity index is 1100. The topological polar surface area (TPSA) is 85.7 Å².